The van der Waals surface area contributed by atoms with Crippen molar-refractivity contribution in [3.8, 4) is 28.2 Å². The zero-order chi connectivity index (χ0) is 24.0. The van der Waals surface area contributed by atoms with Crippen molar-refractivity contribution in [3.05, 3.63) is 79.0 Å². The van der Waals surface area contributed by atoms with Crippen LogP contribution in [0.25, 0.3) is 22.5 Å². The normalized spacial score (nSPS) is 11.4. The van der Waals surface area contributed by atoms with Gasteiger partial charge in [0, 0.05) is 12.1 Å². The van der Waals surface area contributed by atoms with E-state index >= 15 is 0 Å². The Morgan fingerprint density at radius 1 is 0.941 bits per heavy atom. The van der Waals surface area contributed by atoms with E-state index in [4.69, 9.17) is 9.15 Å². The zero-order valence-electron chi connectivity index (χ0n) is 19.1. The molecule has 2 N–H and O–H groups in total. The lowest BCUT2D eigenvalue weighted by Gasteiger charge is -2.12. The van der Waals surface area contributed by atoms with Gasteiger partial charge in [-0.3, -0.25) is 0 Å². The van der Waals surface area contributed by atoms with E-state index in [9.17, 15) is 8.42 Å². The largest absolute Gasteiger partial charge is 0.495 e. The molecule has 176 valence electrons. The van der Waals surface area contributed by atoms with E-state index in [0.29, 0.717) is 23.7 Å². The van der Waals surface area contributed by atoms with Crippen molar-refractivity contribution in [1.82, 2.24) is 9.71 Å². The van der Waals surface area contributed by atoms with Crippen LogP contribution < -0.4 is 14.8 Å². The number of unbranched alkanes of at least 4 members (excludes halogenated alkanes) is 1. The predicted octanol–water partition coefficient (Wildman–Crippen LogP) is 5.84. The second-order valence-electron chi connectivity index (χ2n) is 7.71. The fraction of sp³-hybridized carbons (Fsp3) is 0.192. The van der Waals surface area contributed by atoms with Crippen LogP contribution >= 0.6 is 0 Å². The van der Waals surface area contributed by atoms with Crippen LogP contribution in [0.4, 0.5) is 11.7 Å². The molecule has 0 amide bonds. The number of oxazole rings is 1. The predicted molar refractivity (Wildman–Crippen MR) is 134 cm³/mol. The van der Waals surface area contributed by atoms with E-state index in [1.807, 2.05) is 49.4 Å². The molecular weight excluding hydrogens is 450 g/mol. The van der Waals surface area contributed by atoms with E-state index in [2.05, 4.69) is 27.2 Å². The van der Waals surface area contributed by atoms with Crippen molar-refractivity contribution in [3.63, 3.8) is 0 Å². The molecule has 7 nitrogen and oxygen atoms in total. The topological polar surface area (TPSA) is 93.5 Å². The van der Waals surface area contributed by atoms with Crippen LogP contribution in [0.2, 0.25) is 0 Å². The van der Waals surface area contributed by atoms with Crippen LogP contribution in [-0.4, -0.2) is 27.1 Å². The molecule has 0 radical (unpaired) electrons. The third-order valence-corrected chi connectivity index (χ3v) is 6.76. The maximum Gasteiger partial charge on any atom is 0.299 e. The van der Waals surface area contributed by atoms with Crippen LogP contribution in [0.3, 0.4) is 0 Å². The highest BCUT2D eigenvalue weighted by molar-refractivity contribution is 7.89. The minimum atomic E-state index is -3.64. The first-order valence-corrected chi connectivity index (χ1v) is 12.5. The Hall–Kier alpha value is -3.62. The van der Waals surface area contributed by atoms with Gasteiger partial charge in [-0.05, 0) is 41.8 Å². The molecule has 0 unspecified atom stereocenters. The average Bonchev–Trinajstić information content (AvgIpc) is 3.33. The molecule has 0 bridgehead atoms. The molecule has 0 aliphatic heterocycles. The monoisotopic (exact) mass is 477 g/mol. The van der Waals surface area contributed by atoms with Crippen molar-refractivity contribution in [2.45, 2.75) is 24.7 Å². The third kappa shape index (κ3) is 5.47. The Bertz CT molecular complexity index is 1350. The van der Waals surface area contributed by atoms with E-state index in [1.165, 1.54) is 19.2 Å². The second kappa shape index (κ2) is 10.5. The molecule has 0 saturated heterocycles. The molecule has 0 atom stereocenters. The van der Waals surface area contributed by atoms with Crippen LogP contribution in [0.15, 0.2) is 88.3 Å². The zero-order valence-corrected chi connectivity index (χ0v) is 19.9. The Balaban J connectivity index is 1.57. The number of ether oxygens (including phenoxy) is 1. The maximum atomic E-state index is 12.6. The minimum absolute atomic E-state index is 0.134. The first kappa shape index (κ1) is 23.5. The van der Waals surface area contributed by atoms with Crippen molar-refractivity contribution in [2.24, 2.45) is 0 Å². The summed E-state index contributed by atoms with van der Waals surface area (Å²) in [6.45, 7) is 2.39. The number of aromatic nitrogens is 1. The number of hydrogen-bond donors (Lipinski definition) is 2. The minimum Gasteiger partial charge on any atom is -0.495 e. The van der Waals surface area contributed by atoms with Gasteiger partial charge in [0.1, 0.15) is 5.75 Å². The van der Waals surface area contributed by atoms with Crippen LogP contribution in [0.5, 0.6) is 5.75 Å². The lowest BCUT2D eigenvalue weighted by Crippen LogP contribution is -2.24. The number of methoxy groups -OCH3 is 1. The Morgan fingerprint density at radius 3 is 2.47 bits per heavy atom. The third-order valence-electron chi connectivity index (χ3n) is 5.31. The first-order chi connectivity index (χ1) is 16.5. The molecule has 3 aromatic carbocycles. The number of nitrogens with zero attached hydrogens (tertiary/aromatic N) is 1. The summed E-state index contributed by atoms with van der Waals surface area (Å²) in [5.74, 6) is 1.06. The number of rotatable bonds is 10. The molecule has 0 saturated carbocycles. The standard InChI is InChI=1S/C26H27N3O4S/c1-3-4-15-28-34(30,31)22-13-14-24(32-2)23(17-22)29-26-27-18-25(33-26)21-12-8-11-20(16-21)19-9-6-5-7-10-19/h5-14,16-18,28H,3-4,15H2,1-2H3,(H,27,29). The molecular formula is C26H27N3O4S. The Labute approximate surface area is 199 Å². The molecule has 0 spiro atoms. The van der Waals surface area contributed by atoms with Gasteiger partial charge in [-0.25, -0.2) is 18.1 Å². The summed E-state index contributed by atoms with van der Waals surface area (Å²) < 4.78 is 39.2. The molecule has 0 fully saturated rings. The van der Waals surface area contributed by atoms with Gasteiger partial charge >= 0.3 is 0 Å². The smallest absolute Gasteiger partial charge is 0.299 e. The second-order valence-corrected chi connectivity index (χ2v) is 9.48. The fourth-order valence-corrected chi connectivity index (χ4v) is 4.58. The lowest BCUT2D eigenvalue weighted by molar-refractivity contribution is 0.416. The molecule has 4 aromatic rings. The van der Waals surface area contributed by atoms with Gasteiger partial charge in [0.25, 0.3) is 6.01 Å². The highest BCUT2D eigenvalue weighted by Gasteiger charge is 2.17. The highest BCUT2D eigenvalue weighted by atomic mass is 32.2. The van der Waals surface area contributed by atoms with Gasteiger partial charge < -0.3 is 14.5 Å². The van der Waals surface area contributed by atoms with Crippen LogP contribution in [0.1, 0.15) is 19.8 Å². The molecule has 8 heteroatoms. The van der Waals surface area contributed by atoms with Gasteiger partial charge in [-0.2, -0.15) is 0 Å². The van der Waals surface area contributed by atoms with Crippen molar-refractivity contribution in [1.29, 1.82) is 0 Å². The summed E-state index contributed by atoms with van der Waals surface area (Å²) in [6.07, 6.45) is 3.30. The van der Waals surface area contributed by atoms with Gasteiger partial charge in [0.15, 0.2) is 5.76 Å². The Kier molecular flexibility index (Phi) is 7.30. The summed E-state index contributed by atoms with van der Waals surface area (Å²) >= 11 is 0. The molecule has 0 aliphatic carbocycles. The lowest BCUT2D eigenvalue weighted by atomic mass is 10.0. The van der Waals surface area contributed by atoms with E-state index in [0.717, 1.165) is 29.5 Å². The molecule has 1 heterocycles. The highest BCUT2D eigenvalue weighted by Crippen LogP contribution is 2.32. The average molecular weight is 478 g/mol. The number of anilines is 2. The summed E-state index contributed by atoms with van der Waals surface area (Å²) in [5.41, 5.74) is 3.49. The quantitative estimate of drug-likeness (QED) is 0.279. The number of benzene rings is 3. The van der Waals surface area contributed by atoms with Gasteiger partial charge in [-0.15, -0.1) is 0 Å². The number of sulfonamides is 1. The van der Waals surface area contributed by atoms with Crippen molar-refractivity contribution < 1.29 is 17.6 Å². The fourth-order valence-electron chi connectivity index (χ4n) is 3.48. The van der Waals surface area contributed by atoms with Crippen molar-refractivity contribution in [2.75, 3.05) is 19.0 Å². The molecule has 34 heavy (non-hydrogen) atoms. The molecule has 1 aromatic heterocycles. The van der Waals surface area contributed by atoms with E-state index < -0.39 is 10.0 Å². The SMILES string of the molecule is CCCCNS(=O)(=O)c1ccc(OC)c(Nc2ncc(-c3cccc(-c4ccccc4)c3)o2)c1. The summed E-state index contributed by atoms with van der Waals surface area (Å²) in [5, 5.41) is 3.04. The van der Waals surface area contributed by atoms with Gasteiger partial charge in [-0.1, -0.05) is 61.9 Å². The summed E-state index contributed by atoms with van der Waals surface area (Å²) in [6, 6.07) is 22.9. The van der Waals surface area contributed by atoms with Gasteiger partial charge in [0.05, 0.1) is 23.9 Å². The first-order valence-electron chi connectivity index (χ1n) is 11.1. The van der Waals surface area contributed by atoms with Crippen molar-refractivity contribution >= 4 is 21.7 Å². The molecule has 4 rings (SSSR count). The van der Waals surface area contributed by atoms with Gasteiger partial charge in [0.2, 0.25) is 10.0 Å². The Morgan fingerprint density at radius 2 is 1.71 bits per heavy atom. The molecule has 0 aliphatic rings. The number of nitrogens with one attached hydrogen (secondary N) is 2. The van der Waals surface area contributed by atoms with Crippen LogP contribution in [-0.2, 0) is 10.0 Å². The summed E-state index contributed by atoms with van der Waals surface area (Å²) in [4.78, 5) is 4.45. The van der Waals surface area contributed by atoms with E-state index in [1.54, 1.807) is 12.3 Å². The van der Waals surface area contributed by atoms with E-state index in [-0.39, 0.29) is 10.9 Å². The maximum absolute atomic E-state index is 12.6. The van der Waals surface area contributed by atoms with Crippen LogP contribution in [0, 0.1) is 0 Å². The number of hydrogen-bond acceptors (Lipinski definition) is 6. The summed E-state index contributed by atoms with van der Waals surface area (Å²) in [7, 11) is -2.12.